The second-order valence-corrected chi connectivity index (χ2v) is 5.64. The average molecular weight is 326 g/mol. The van der Waals surface area contributed by atoms with Gasteiger partial charge in [0.05, 0.1) is 11.3 Å². The van der Waals surface area contributed by atoms with Gasteiger partial charge in [-0.05, 0) is 35.9 Å². The van der Waals surface area contributed by atoms with E-state index in [-0.39, 0.29) is 5.75 Å². The van der Waals surface area contributed by atoms with Gasteiger partial charge in [-0.1, -0.05) is 18.2 Å². The highest BCUT2D eigenvalue weighted by Crippen LogP contribution is 2.35. The molecule has 0 radical (unpaired) electrons. The Bertz CT molecular complexity index is 1090. The fourth-order valence-electron chi connectivity index (χ4n) is 2.87. The predicted octanol–water partition coefficient (Wildman–Crippen LogP) is 4.55. The third-order valence-corrected chi connectivity index (χ3v) is 4.10. The Morgan fingerprint density at radius 1 is 1.04 bits per heavy atom. The molecule has 0 fully saturated rings. The van der Waals surface area contributed by atoms with Gasteiger partial charge in [0, 0.05) is 40.7 Å². The minimum Gasteiger partial charge on any atom is -0.508 e. The maximum absolute atomic E-state index is 9.52. The summed E-state index contributed by atoms with van der Waals surface area (Å²) in [6.07, 6.45) is 5.14. The van der Waals surface area contributed by atoms with Crippen LogP contribution in [0.3, 0.4) is 0 Å². The minimum atomic E-state index is 0.194. The van der Waals surface area contributed by atoms with Crippen molar-refractivity contribution in [2.24, 2.45) is 0 Å². The number of phenolic OH excluding ortho intramolecular Hbond substituents is 1. The summed E-state index contributed by atoms with van der Waals surface area (Å²) in [5.41, 5.74) is 4.73. The highest BCUT2D eigenvalue weighted by atomic mass is 16.3. The van der Waals surface area contributed by atoms with Gasteiger partial charge in [-0.25, -0.2) is 0 Å². The molecule has 0 aliphatic carbocycles. The first kappa shape index (κ1) is 14.8. The van der Waals surface area contributed by atoms with Crippen LogP contribution in [0.15, 0.2) is 67.1 Å². The lowest BCUT2D eigenvalue weighted by molar-refractivity contribution is 0.475. The van der Waals surface area contributed by atoms with Gasteiger partial charge < -0.3 is 15.4 Å². The highest BCUT2D eigenvalue weighted by Gasteiger charge is 2.13. The van der Waals surface area contributed by atoms with E-state index in [1.54, 1.807) is 36.7 Å². The van der Waals surface area contributed by atoms with Crippen LogP contribution in [-0.2, 0) is 0 Å². The van der Waals surface area contributed by atoms with E-state index in [0.29, 0.717) is 11.3 Å². The Balaban J connectivity index is 1.87. The number of hydrogen-bond acceptors (Lipinski definition) is 4. The van der Waals surface area contributed by atoms with Crippen LogP contribution < -0.4 is 5.32 Å². The van der Waals surface area contributed by atoms with E-state index in [1.807, 2.05) is 30.5 Å². The summed E-state index contributed by atoms with van der Waals surface area (Å²) >= 11 is 0. The van der Waals surface area contributed by atoms with Crippen LogP contribution in [0.1, 0.15) is 5.56 Å². The van der Waals surface area contributed by atoms with Crippen molar-refractivity contribution in [3.63, 3.8) is 0 Å². The zero-order valence-corrected chi connectivity index (χ0v) is 13.2. The number of nitrogens with one attached hydrogen (secondary N) is 2. The molecule has 0 saturated carbocycles. The molecule has 25 heavy (non-hydrogen) atoms. The fourth-order valence-corrected chi connectivity index (χ4v) is 2.87. The van der Waals surface area contributed by atoms with Gasteiger partial charge in [0.15, 0.2) is 0 Å². The van der Waals surface area contributed by atoms with Gasteiger partial charge in [0.2, 0.25) is 0 Å². The number of benzene rings is 2. The molecule has 2 aromatic carbocycles. The largest absolute Gasteiger partial charge is 0.508 e. The van der Waals surface area contributed by atoms with Gasteiger partial charge in [0.25, 0.3) is 0 Å². The number of nitrogens with zero attached hydrogens (tertiary/aromatic N) is 2. The standard InChI is InChI=1S/C20H14N4O/c21-10-14-11-22-12-17(13-4-6-15(25)7-5-13)20(14)24-19-3-1-2-18-16(19)8-9-23-18/h1-9,11-12,23,25H,(H,22,24). The summed E-state index contributed by atoms with van der Waals surface area (Å²) in [7, 11) is 0. The van der Waals surface area contributed by atoms with E-state index in [0.717, 1.165) is 27.7 Å². The number of hydrogen-bond donors (Lipinski definition) is 3. The Labute approximate surface area is 144 Å². The van der Waals surface area contributed by atoms with Crippen LogP contribution in [0.5, 0.6) is 5.75 Å². The minimum absolute atomic E-state index is 0.194. The summed E-state index contributed by atoms with van der Waals surface area (Å²) in [5, 5.41) is 23.5. The Morgan fingerprint density at radius 2 is 1.88 bits per heavy atom. The van der Waals surface area contributed by atoms with Crippen LogP contribution in [0, 0.1) is 11.3 Å². The van der Waals surface area contributed by atoms with Crippen molar-refractivity contribution in [3.8, 4) is 22.9 Å². The van der Waals surface area contributed by atoms with Crippen molar-refractivity contribution >= 4 is 22.3 Å². The monoisotopic (exact) mass is 326 g/mol. The Kier molecular flexibility index (Phi) is 3.56. The molecule has 0 spiro atoms. The lowest BCUT2D eigenvalue weighted by atomic mass is 10.0. The fraction of sp³-hybridized carbons (Fsp3) is 0. The molecule has 0 aliphatic rings. The van der Waals surface area contributed by atoms with Gasteiger partial charge in [0.1, 0.15) is 11.8 Å². The number of pyridine rings is 1. The van der Waals surface area contributed by atoms with E-state index in [9.17, 15) is 10.4 Å². The van der Waals surface area contributed by atoms with Crippen LogP contribution in [0.4, 0.5) is 11.4 Å². The molecular weight excluding hydrogens is 312 g/mol. The number of aromatic hydroxyl groups is 1. The summed E-state index contributed by atoms with van der Waals surface area (Å²) in [6.45, 7) is 0. The quantitative estimate of drug-likeness (QED) is 0.515. The molecule has 3 N–H and O–H groups in total. The average Bonchev–Trinajstić information content (AvgIpc) is 3.12. The van der Waals surface area contributed by atoms with Crippen molar-refractivity contribution in [2.45, 2.75) is 0 Å². The number of fused-ring (bicyclic) bond motifs is 1. The van der Waals surface area contributed by atoms with Gasteiger partial charge >= 0.3 is 0 Å². The van der Waals surface area contributed by atoms with Crippen molar-refractivity contribution in [3.05, 3.63) is 72.7 Å². The summed E-state index contributed by atoms with van der Waals surface area (Å²) in [4.78, 5) is 7.36. The first-order valence-electron chi connectivity index (χ1n) is 7.77. The highest BCUT2D eigenvalue weighted by molar-refractivity contribution is 5.96. The third kappa shape index (κ3) is 2.66. The van der Waals surface area contributed by atoms with E-state index >= 15 is 0 Å². The van der Waals surface area contributed by atoms with Crippen LogP contribution in [0.2, 0.25) is 0 Å². The first-order valence-corrected chi connectivity index (χ1v) is 7.77. The molecule has 4 rings (SSSR count). The number of rotatable bonds is 3. The van der Waals surface area contributed by atoms with Gasteiger partial charge in [-0.3, -0.25) is 4.98 Å². The smallest absolute Gasteiger partial charge is 0.115 e. The first-order chi connectivity index (χ1) is 12.3. The van der Waals surface area contributed by atoms with Crippen LogP contribution in [-0.4, -0.2) is 15.1 Å². The molecule has 0 atom stereocenters. The topological polar surface area (TPSA) is 84.7 Å². The van der Waals surface area contributed by atoms with E-state index in [4.69, 9.17) is 0 Å². The maximum Gasteiger partial charge on any atom is 0.115 e. The third-order valence-electron chi connectivity index (χ3n) is 4.10. The molecule has 0 bridgehead atoms. The molecule has 2 aromatic heterocycles. The predicted molar refractivity (Wildman–Crippen MR) is 97.6 cm³/mol. The summed E-state index contributed by atoms with van der Waals surface area (Å²) < 4.78 is 0. The van der Waals surface area contributed by atoms with E-state index in [2.05, 4.69) is 21.4 Å². The molecule has 0 saturated heterocycles. The molecule has 0 amide bonds. The van der Waals surface area contributed by atoms with Crippen LogP contribution >= 0.6 is 0 Å². The SMILES string of the molecule is N#Cc1cncc(-c2ccc(O)cc2)c1Nc1cccc2[nH]ccc12. The molecule has 0 aliphatic heterocycles. The van der Waals surface area contributed by atoms with E-state index < -0.39 is 0 Å². The summed E-state index contributed by atoms with van der Waals surface area (Å²) in [6, 6.07) is 16.9. The molecule has 5 nitrogen and oxygen atoms in total. The number of nitriles is 1. The Morgan fingerprint density at radius 3 is 2.68 bits per heavy atom. The Hall–Kier alpha value is -3.78. The lowest BCUT2D eigenvalue weighted by Gasteiger charge is -2.14. The number of aromatic amines is 1. The summed E-state index contributed by atoms with van der Waals surface area (Å²) in [5.74, 6) is 0.194. The van der Waals surface area contributed by atoms with Crippen molar-refractivity contribution in [2.75, 3.05) is 5.32 Å². The molecule has 5 heteroatoms. The molecule has 120 valence electrons. The number of aromatic nitrogens is 2. The maximum atomic E-state index is 9.52. The number of H-pyrrole nitrogens is 1. The van der Waals surface area contributed by atoms with Crippen molar-refractivity contribution in [1.82, 2.24) is 9.97 Å². The second kappa shape index (κ2) is 6.02. The van der Waals surface area contributed by atoms with Gasteiger partial charge in [-0.15, -0.1) is 0 Å². The second-order valence-electron chi connectivity index (χ2n) is 5.64. The molecule has 0 unspecified atom stereocenters. The van der Waals surface area contributed by atoms with Gasteiger partial charge in [-0.2, -0.15) is 5.26 Å². The van der Waals surface area contributed by atoms with Crippen molar-refractivity contribution in [1.29, 1.82) is 5.26 Å². The zero-order valence-electron chi connectivity index (χ0n) is 13.2. The van der Waals surface area contributed by atoms with Crippen molar-refractivity contribution < 1.29 is 5.11 Å². The molecular formula is C20H14N4O. The lowest BCUT2D eigenvalue weighted by Crippen LogP contribution is -1.98. The molecule has 2 heterocycles. The van der Waals surface area contributed by atoms with Crippen LogP contribution in [0.25, 0.3) is 22.0 Å². The normalized spacial score (nSPS) is 10.5. The van der Waals surface area contributed by atoms with E-state index in [1.165, 1.54) is 0 Å². The number of phenols is 1. The number of anilines is 2. The zero-order chi connectivity index (χ0) is 17.2. The molecule has 4 aromatic rings.